The van der Waals surface area contributed by atoms with Crippen molar-refractivity contribution in [2.75, 3.05) is 0 Å². The normalized spacial score (nSPS) is 19.2. The van der Waals surface area contributed by atoms with Crippen molar-refractivity contribution in [3.63, 3.8) is 0 Å². The number of β-lactam (4-membered cyclic amide) rings is 1. The van der Waals surface area contributed by atoms with Crippen LogP contribution >= 0.6 is 0 Å². The maximum atomic E-state index is 11.9. The molecule has 0 saturated carbocycles. The van der Waals surface area contributed by atoms with E-state index in [0.717, 1.165) is 10.5 Å². The Kier molecular flexibility index (Phi) is 4.33. The van der Waals surface area contributed by atoms with Crippen LogP contribution in [0.15, 0.2) is 59.5 Å². The molecule has 2 aromatic rings. The molecule has 124 valence electrons. The van der Waals surface area contributed by atoms with Gasteiger partial charge in [0.15, 0.2) is 0 Å². The molecule has 1 fully saturated rings. The van der Waals surface area contributed by atoms with Gasteiger partial charge in [-0.15, -0.1) is 0 Å². The first-order chi connectivity index (χ1) is 11.6. The SMILES string of the molecule is O=C1N[C@H](Cn2ccccc2=O)[C@@H]1N(Cc1ccccc1)C(=O)O. The summed E-state index contributed by atoms with van der Waals surface area (Å²) in [7, 11) is 0. The Morgan fingerprint density at radius 3 is 2.46 bits per heavy atom. The Morgan fingerprint density at radius 1 is 1.12 bits per heavy atom. The third-order valence-corrected chi connectivity index (χ3v) is 4.05. The van der Waals surface area contributed by atoms with E-state index in [0.29, 0.717) is 0 Å². The fourth-order valence-corrected chi connectivity index (χ4v) is 2.83. The minimum absolute atomic E-state index is 0.119. The van der Waals surface area contributed by atoms with Crippen molar-refractivity contribution in [3.8, 4) is 0 Å². The number of aromatic nitrogens is 1. The van der Waals surface area contributed by atoms with Gasteiger partial charge in [-0.25, -0.2) is 4.79 Å². The fourth-order valence-electron chi connectivity index (χ4n) is 2.83. The lowest BCUT2D eigenvalue weighted by Crippen LogP contribution is -2.71. The van der Waals surface area contributed by atoms with Crippen LogP contribution in [0.5, 0.6) is 0 Å². The monoisotopic (exact) mass is 327 g/mol. The number of nitrogens with one attached hydrogen (secondary N) is 1. The molecule has 0 spiro atoms. The van der Waals surface area contributed by atoms with Crippen LogP contribution in [-0.2, 0) is 17.9 Å². The molecule has 1 aliphatic rings. The second-order valence-corrected chi connectivity index (χ2v) is 5.65. The van der Waals surface area contributed by atoms with Crippen LogP contribution in [0.1, 0.15) is 5.56 Å². The molecule has 1 aliphatic heterocycles. The predicted molar refractivity (Wildman–Crippen MR) is 86.4 cm³/mol. The van der Waals surface area contributed by atoms with Crippen molar-refractivity contribution < 1.29 is 14.7 Å². The van der Waals surface area contributed by atoms with E-state index in [1.807, 2.05) is 30.3 Å². The molecule has 2 atom stereocenters. The van der Waals surface area contributed by atoms with Crippen molar-refractivity contribution in [2.45, 2.75) is 25.2 Å². The Balaban J connectivity index is 1.78. The van der Waals surface area contributed by atoms with Crippen molar-refractivity contribution >= 4 is 12.0 Å². The molecule has 2 heterocycles. The molecule has 0 radical (unpaired) electrons. The van der Waals surface area contributed by atoms with E-state index in [-0.39, 0.29) is 24.6 Å². The van der Waals surface area contributed by atoms with Crippen LogP contribution in [0.4, 0.5) is 4.79 Å². The van der Waals surface area contributed by atoms with Gasteiger partial charge in [-0.1, -0.05) is 36.4 Å². The van der Waals surface area contributed by atoms with Crippen molar-refractivity contribution in [3.05, 3.63) is 70.6 Å². The third-order valence-electron chi connectivity index (χ3n) is 4.05. The Labute approximate surface area is 138 Å². The molecule has 0 aliphatic carbocycles. The van der Waals surface area contributed by atoms with E-state index in [1.54, 1.807) is 18.3 Å². The van der Waals surface area contributed by atoms with E-state index in [2.05, 4.69) is 5.32 Å². The first-order valence-corrected chi connectivity index (χ1v) is 7.55. The highest BCUT2D eigenvalue weighted by Gasteiger charge is 2.45. The number of amides is 2. The van der Waals surface area contributed by atoms with Gasteiger partial charge in [0.1, 0.15) is 6.04 Å². The molecule has 0 bridgehead atoms. The molecule has 3 rings (SSSR count). The summed E-state index contributed by atoms with van der Waals surface area (Å²) in [6.07, 6.45) is 0.454. The fraction of sp³-hybridized carbons (Fsp3) is 0.235. The summed E-state index contributed by atoms with van der Waals surface area (Å²) in [4.78, 5) is 36.5. The maximum Gasteiger partial charge on any atom is 0.408 e. The number of pyridine rings is 1. The Bertz CT molecular complexity index is 803. The number of benzene rings is 1. The van der Waals surface area contributed by atoms with Gasteiger partial charge < -0.3 is 15.0 Å². The summed E-state index contributed by atoms with van der Waals surface area (Å²) in [5.74, 6) is -0.345. The zero-order valence-corrected chi connectivity index (χ0v) is 12.8. The average Bonchev–Trinajstić information content (AvgIpc) is 2.56. The molecule has 2 amide bonds. The average molecular weight is 327 g/mol. The van der Waals surface area contributed by atoms with E-state index >= 15 is 0 Å². The van der Waals surface area contributed by atoms with Gasteiger partial charge >= 0.3 is 6.09 Å². The van der Waals surface area contributed by atoms with Crippen molar-refractivity contribution in [2.24, 2.45) is 0 Å². The first-order valence-electron chi connectivity index (χ1n) is 7.55. The molecular weight excluding hydrogens is 310 g/mol. The standard InChI is InChI=1S/C17H17N3O4/c21-14-8-4-5-9-19(14)11-13-15(16(22)18-13)20(17(23)24)10-12-6-2-1-3-7-12/h1-9,13,15H,10-11H2,(H,18,22)(H,23,24)/t13-,15+/m1/s1. The lowest BCUT2D eigenvalue weighted by molar-refractivity contribution is -0.137. The minimum Gasteiger partial charge on any atom is -0.465 e. The highest BCUT2D eigenvalue weighted by molar-refractivity contribution is 5.92. The van der Waals surface area contributed by atoms with E-state index in [1.165, 1.54) is 10.6 Å². The molecule has 2 N–H and O–H groups in total. The molecule has 7 heteroatoms. The second-order valence-electron chi connectivity index (χ2n) is 5.65. The van der Waals surface area contributed by atoms with Crippen LogP contribution in [0.25, 0.3) is 0 Å². The van der Waals surface area contributed by atoms with Crippen LogP contribution < -0.4 is 10.9 Å². The van der Waals surface area contributed by atoms with Crippen LogP contribution in [0.2, 0.25) is 0 Å². The molecule has 7 nitrogen and oxygen atoms in total. The Morgan fingerprint density at radius 2 is 1.83 bits per heavy atom. The van der Waals surface area contributed by atoms with Gasteiger partial charge in [0.25, 0.3) is 5.56 Å². The number of carboxylic acid groups (broad SMARTS) is 1. The van der Waals surface area contributed by atoms with Crippen molar-refractivity contribution in [1.82, 2.24) is 14.8 Å². The van der Waals surface area contributed by atoms with Crippen LogP contribution in [-0.4, -0.2) is 38.7 Å². The lowest BCUT2D eigenvalue weighted by atomic mass is 9.96. The quantitative estimate of drug-likeness (QED) is 0.798. The first kappa shape index (κ1) is 15.8. The highest BCUT2D eigenvalue weighted by Crippen LogP contribution is 2.19. The van der Waals surface area contributed by atoms with E-state index < -0.39 is 18.2 Å². The zero-order chi connectivity index (χ0) is 17.1. The van der Waals surface area contributed by atoms with Crippen LogP contribution in [0.3, 0.4) is 0 Å². The smallest absolute Gasteiger partial charge is 0.408 e. The maximum absolute atomic E-state index is 11.9. The molecule has 0 unspecified atom stereocenters. The summed E-state index contributed by atoms with van der Waals surface area (Å²) >= 11 is 0. The topological polar surface area (TPSA) is 91.6 Å². The predicted octanol–water partition coefficient (Wildman–Crippen LogP) is 0.895. The lowest BCUT2D eigenvalue weighted by Gasteiger charge is -2.42. The molecular formula is C17H17N3O4. The molecule has 1 aromatic carbocycles. The third kappa shape index (κ3) is 3.15. The van der Waals surface area contributed by atoms with E-state index in [4.69, 9.17) is 0 Å². The second kappa shape index (κ2) is 6.57. The number of carbonyl (C=O) groups is 2. The number of hydrogen-bond acceptors (Lipinski definition) is 3. The van der Waals surface area contributed by atoms with Crippen molar-refractivity contribution in [1.29, 1.82) is 0 Å². The Hall–Kier alpha value is -3.09. The summed E-state index contributed by atoms with van der Waals surface area (Å²) in [5.41, 5.74) is 0.609. The summed E-state index contributed by atoms with van der Waals surface area (Å²) in [6, 6.07) is 12.6. The van der Waals surface area contributed by atoms with Gasteiger partial charge in [0.05, 0.1) is 6.04 Å². The molecule has 24 heavy (non-hydrogen) atoms. The molecule has 1 saturated heterocycles. The van der Waals surface area contributed by atoms with Gasteiger partial charge in [-0.2, -0.15) is 0 Å². The number of rotatable bonds is 5. The number of carbonyl (C=O) groups excluding carboxylic acids is 1. The van der Waals surface area contributed by atoms with Gasteiger partial charge in [0.2, 0.25) is 5.91 Å². The van der Waals surface area contributed by atoms with E-state index in [9.17, 15) is 19.5 Å². The highest BCUT2D eigenvalue weighted by atomic mass is 16.4. The largest absolute Gasteiger partial charge is 0.465 e. The van der Waals surface area contributed by atoms with Gasteiger partial charge in [0, 0.05) is 25.4 Å². The molecule has 1 aromatic heterocycles. The minimum atomic E-state index is -1.16. The summed E-state index contributed by atoms with van der Waals surface area (Å²) in [5, 5.41) is 12.2. The summed E-state index contributed by atoms with van der Waals surface area (Å²) in [6.45, 7) is 0.350. The number of nitrogens with zero attached hydrogens (tertiary/aromatic N) is 2. The van der Waals surface area contributed by atoms with Crippen LogP contribution in [0, 0.1) is 0 Å². The summed E-state index contributed by atoms with van der Waals surface area (Å²) < 4.78 is 1.46. The number of hydrogen-bond donors (Lipinski definition) is 2. The van der Waals surface area contributed by atoms with Gasteiger partial charge in [-0.05, 0) is 11.6 Å². The zero-order valence-electron chi connectivity index (χ0n) is 12.8. The van der Waals surface area contributed by atoms with Gasteiger partial charge in [-0.3, -0.25) is 14.5 Å².